The van der Waals surface area contributed by atoms with E-state index in [9.17, 15) is 0 Å². The summed E-state index contributed by atoms with van der Waals surface area (Å²) in [5.41, 5.74) is 8.79. The molecule has 0 amide bonds. The van der Waals surface area contributed by atoms with E-state index in [1.54, 1.807) is 0 Å². The van der Waals surface area contributed by atoms with Crippen LogP contribution in [0.25, 0.3) is 0 Å². The monoisotopic (exact) mass is 204 g/mol. The quantitative estimate of drug-likeness (QED) is 0.769. The molecular formula is C13H20N2. The second-order valence-electron chi connectivity index (χ2n) is 4.45. The van der Waals surface area contributed by atoms with E-state index in [2.05, 4.69) is 36.5 Å². The first-order chi connectivity index (χ1) is 7.29. The van der Waals surface area contributed by atoms with Crippen LogP contribution in [0.5, 0.6) is 0 Å². The first-order valence-electron chi connectivity index (χ1n) is 5.84. The lowest BCUT2D eigenvalue weighted by molar-refractivity contribution is 0.412. The Morgan fingerprint density at radius 1 is 1.27 bits per heavy atom. The number of hydrogen-bond acceptors (Lipinski definition) is 2. The molecule has 1 aliphatic rings. The summed E-state index contributed by atoms with van der Waals surface area (Å²) in [6.45, 7) is 4.22. The second kappa shape index (κ2) is 4.77. The Morgan fingerprint density at radius 3 is 2.60 bits per heavy atom. The minimum absolute atomic E-state index is 0.314. The van der Waals surface area contributed by atoms with E-state index in [0.717, 1.165) is 25.9 Å². The molecule has 2 nitrogen and oxygen atoms in total. The lowest BCUT2D eigenvalue weighted by atomic mass is 9.89. The van der Waals surface area contributed by atoms with Crippen LogP contribution in [0.1, 0.15) is 30.4 Å². The Bertz CT molecular complexity index is 305. The Morgan fingerprint density at radius 2 is 2.00 bits per heavy atom. The zero-order valence-electron chi connectivity index (χ0n) is 9.37. The molecule has 2 heteroatoms. The van der Waals surface area contributed by atoms with Crippen molar-refractivity contribution in [3.05, 3.63) is 35.4 Å². The fourth-order valence-electron chi connectivity index (χ4n) is 2.25. The van der Waals surface area contributed by atoms with E-state index < -0.39 is 0 Å². The molecule has 1 fully saturated rings. The number of aryl methyl sites for hydroxylation is 1. The van der Waals surface area contributed by atoms with Crippen molar-refractivity contribution in [2.75, 3.05) is 13.1 Å². The zero-order valence-corrected chi connectivity index (χ0v) is 9.37. The summed E-state index contributed by atoms with van der Waals surface area (Å²) in [6.07, 6.45) is 2.22. The molecule has 1 heterocycles. The highest BCUT2D eigenvalue weighted by atomic mass is 14.9. The van der Waals surface area contributed by atoms with Crippen molar-refractivity contribution in [1.82, 2.24) is 5.32 Å². The maximum atomic E-state index is 5.96. The zero-order chi connectivity index (χ0) is 10.7. The molecule has 0 aliphatic carbocycles. The molecule has 15 heavy (non-hydrogen) atoms. The van der Waals surface area contributed by atoms with Crippen LogP contribution in [-0.2, 0) is 6.42 Å². The molecule has 2 atom stereocenters. The average molecular weight is 204 g/mol. The van der Waals surface area contributed by atoms with E-state index in [-0.39, 0.29) is 0 Å². The van der Waals surface area contributed by atoms with Crippen molar-refractivity contribution in [2.24, 2.45) is 5.73 Å². The van der Waals surface area contributed by atoms with Gasteiger partial charge in [0.25, 0.3) is 0 Å². The number of hydrogen-bond donors (Lipinski definition) is 2. The van der Waals surface area contributed by atoms with Crippen molar-refractivity contribution in [3.8, 4) is 0 Å². The van der Waals surface area contributed by atoms with Crippen LogP contribution < -0.4 is 11.1 Å². The number of piperidine rings is 1. The van der Waals surface area contributed by atoms with E-state index in [1.165, 1.54) is 11.1 Å². The summed E-state index contributed by atoms with van der Waals surface area (Å²) in [5, 5.41) is 3.39. The predicted molar refractivity (Wildman–Crippen MR) is 64.0 cm³/mol. The summed E-state index contributed by atoms with van der Waals surface area (Å²) in [4.78, 5) is 0. The highest BCUT2D eigenvalue weighted by Gasteiger charge is 2.19. The molecular weight excluding hydrogens is 184 g/mol. The first kappa shape index (κ1) is 10.7. The maximum absolute atomic E-state index is 5.96. The van der Waals surface area contributed by atoms with Crippen molar-refractivity contribution in [2.45, 2.75) is 31.7 Å². The number of nitrogens with one attached hydrogen (secondary N) is 1. The van der Waals surface area contributed by atoms with Gasteiger partial charge in [0.05, 0.1) is 0 Å². The largest absolute Gasteiger partial charge is 0.327 e. The predicted octanol–water partition coefficient (Wildman–Crippen LogP) is 1.65. The van der Waals surface area contributed by atoms with Crippen LogP contribution in [0.3, 0.4) is 0 Å². The minimum atomic E-state index is 0.314. The van der Waals surface area contributed by atoms with Crippen molar-refractivity contribution in [3.63, 3.8) is 0 Å². The number of rotatable bonds is 2. The van der Waals surface area contributed by atoms with E-state index in [4.69, 9.17) is 5.73 Å². The molecule has 2 unspecified atom stereocenters. The van der Waals surface area contributed by atoms with Crippen molar-refractivity contribution in [1.29, 1.82) is 0 Å². The van der Waals surface area contributed by atoms with E-state index in [0.29, 0.717) is 12.0 Å². The highest BCUT2D eigenvalue weighted by molar-refractivity contribution is 5.26. The second-order valence-corrected chi connectivity index (χ2v) is 4.45. The maximum Gasteiger partial charge on any atom is 0.0171 e. The Labute approximate surface area is 91.9 Å². The van der Waals surface area contributed by atoms with Crippen LogP contribution in [-0.4, -0.2) is 19.1 Å². The molecule has 1 aromatic rings. The van der Waals surface area contributed by atoms with Gasteiger partial charge in [-0.3, -0.25) is 0 Å². The highest BCUT2D eigenvalue weighted by Crippen LogP contribution is 2.23. The number of nitrogens with two attached hydrogens (primary N) is 1. The van der Waals surface area contributed by atoms with Gasteiger partial charge in [0.1, 0.15) is 0 Å². The summed E-state index contributed by atoms with van der Waals surface area (Å²) in [7, 11) is 0. The van der Waals surface area contributed by atoms with Crippen molar-refractivity contribution < 1.29 is 0 Å². The molecule has 2 rings (SSSR count). The van der Waals surface area contributed by atoms with Gasteiger partial charge in [-0.25, -0.2) is 0 Å². The van der Waals surface area contributed by atoms with Gasteiger partial charge in [-0.05, 0) is 29.9 Å². The summed E-state index contributed by atoms with van der Waals surface area (Å²) in [5.74, 6) is 0.597. The first-order valence-corrected chi connectivity index (χ1v) is 5.84. The molecule has 0 bridgehead atoms. The Balaban J connectivity index is 2.07. The molecule has 1 aliphatic heterocycles. The van der Waals surface area contributed by atoms with Crippen LogP contribution in [0.4, 0.5) is 0 Å². The van der Waals surface area contributed by atoms with Crippen molar-refractivity contribution >= 4 is 0 Å². The molecule has 1 aromatic carbocycles. The smallest absolute Gasteiger partial charge is 0.0171 e. The summed E-state index contributed by atoms with van der Waals surface area (Å²) >= 11 is 0. The van der Waals surface area contributed by atoms with Gasteiger partial charge in [0.15, 0.2) is 0 Å². The van der Waals surface area contributed by atoms with Gasteiger partial charge >= 0.3 is 0 Å². The lowest BCUT2D eigenvalue weighted by Crippen LogP contribution is -2.43. The SMILES string of the molecule is CCc1ccc(C2CNCC(N)C2)cc1. The standard InChI is InChI=1S/C13H20N2/c1-2-10-3-5-11(6-4-10)12-7-13(14)9-15-8-12/h3-6,12-13,15H,2,7-9,14H2,1H3. The summed E-state index contributed by atoms with van der Waals surface area (Å²) < 4.78 is 0. The lowest BCUT2D eigenvalue weighted by Gasteiger charge is -2.28. The third kappa shape index (κ3) is 2.58. The molecule has 1 saturated heterocycles. The van der Waals surface area contributed by atoms with Crippen LogP contribution >= 0.6 is 0 Å². The Hall–Kier alpha value is -0.860. The van der Waals surface area contributed by atoms with Gasteiger partial charge < -0.3 is 11.1 Å². The van der Waals surface area contributed by atoms with Crippen LogP contribution in [0, 0.1) is 0 Å². The van der Waals surface area contributed by atoms with Gasteiger partial charge in [-0.1, -0.05) is 31.2 Å². The molecule has 82 valence electrons. The van der Waals surface area contributed by atoms with Gasteiger partial charge in [0, 0.05) is 19.1 Å². The molecule has 0 aromatic heterocycles. The molecule has 0 saturated carbocycles. The molecule has 0 spiro atoms. The van der Waals surface area contributed by atoms with E-state index in [1.807, 2.05) is 0 Å². The minimum Gasteiger partial charge on any atom is -0.327 e. The van der Waals surface area contributed by atoms with Gasteiger partial charge in [-0.2, -0.15) is 0 Å². The fraction of sp³-hybridized carbons (Fsp3) is 0.538. The van der Waals surface area contributed by atoms with Crippen LogP contribution in [0.2, 0.25) is 0 Å². The number of benzene rings is 1. The average Bonchev–Trinajstić information content (AvgIpc) is 2.29. The molecule has 0 radical (unpaired) electrons. The topological polar surface area (TPSA) is 38.0 Å². The summed E-state index contributed by atoms with van der Waals surface area (Å²) in [6, 6.07) is 9.28. The third-order valence-corrected chi connectivity index (χ3v) is 3.24. The van der Waals surface area contributed by atoms with Gasteiger partial charge in [0.2, 0.25) is 0 Å². The third-order valence-electron chi connectivity index (χ3n) is 3.24. The molecule has 3 N–H and O–H groups in total. The van der Waals surface area contributed by atoms with Gasteiger partial charge in [-0.15, -0.1) is 0 Å². The fourth-order valence-corrected chi connectivity index (χ4v) is 2.25. The van der Waals surface area contributed by atoms with E-state index >= 15 is 0 Å². The Kier molecular flexibility index (Phi) is 3.39. The van der Waals surface area contributed by atoms with Crippen LogP contribution in [0.15, 0.2) is 24.3 Å². The normalized spacial score (nSPS) is 26.5.